The van der Waals surface area contributed by atoms with E-state index < -0.39 is 12.1 Å². The first-order valence-corrected chi connectivity index (χ1v) is 2.96. The van der Waals surface area contributed by atoms with E-state index in [0.29, 0.717) is 0 Å². The third kappa shape index (κ3) is 6.73. The minimum atomic E-state index is -5.08. The van der Waals surface area contributed by atoms with Crippen molar-refractivity contribution in [1.29, 1.82) is 0 Å². The fraction of sp³-hybridized carbons (Fsp3) is 0.167. The van der Waals surface area contributed by atoms with E-state index in [9.17, 15) is 13.2 Å². The molecule has 0 radical (unpaired) electrons. The Morgan fingerprint density at radius 1 is 1.15 bits per heavy atom. The predicted octanol–water partition coefficient (Wildman–Crippen LogP) is 1.11. The van der Waals surface area contributed by atoms with E-state index in [1.54, 1.807) is 12.4 Å². The van der Waals surface area contributed by atoms with Crippen molar-refractivity contribution in [2.75, 3.05) is 0 Å². The van der Waals surface area contributed by atoms with E-state index in [4.69, 9.17) is 9.90 Å². The standard InChI is InChI=1S/C4H4N2.C2HF3O2/c1-2-4-6-5-3-1;3-2(4,5)1(6)7/h1-4H;(H,6,7). The number of alkyl halides is 3. The van der Waals surface area contributed by atoms with Crippen LogP contribution in [0.3, 0.4) is 0 Å². The summed E-state index contributed by atoms with van der Waals surface area (Å²) in [6.07, 6.45) is -1.81. The molecule has 4 nitrogen and oxygen atoms in total. The molecule has 0 atom stereocenters. The minimum Gasteiger partial charge on any atom is -0.475 e. The molecule has 1 aromatic heterocycles. The van der Waals surface area contributed by atoms with Crippen LogP contribution >= 0.6 is 0 Å². The molecule has 13 heavy (non-hydrogen) atoms. The number of hydrogen-bond acceptors (Lipinski definition) is 3. The third-order valence-electron chi connectivity index (χ3n) is 0.726. The van der Waals surface area contributed by atoms with Crippen LogP contribution < -0.4 is 0 Å². The summed E-state index contributed by atoms with van der Waals surface area (Å²) in [6.45, 7) is 0. The smallest absolute Gasteiger partial charge is 0.475 e. The molecule has 72 valence electrons. The molecule has 7 heteroatoms. The summed E-state index contributed by atoms with van der Waals surface area (Å²) in [5, 5.41) is 14.2. The van der Waals surface area contributed by atoms with Crippen molar-refractivity contribution < 1.29 is 23.1 Å². The molecule has 0 fully saturated rings. The Labute approximate surface area is 71.0 Å². The lowest BCUT2D eigenvalue weighted by molar-refractivity contribution is -0.192. The van der Waals surface area contributed by atoms with Gasteiger partial charge in [-0.05, 0) is 12.1 Å². The molecule has 0 aliphatic heterocycles. The van der Waals surface area contributed by atoms with Crippen LogP contribution in [-0.2, 0) is 4.79 Å². The maximum atomic E-state index is 10.6. The molecule has 0 aliphatic rings. The summed E-state index contributed by atoms with van der Waals surface area (Å²) in [6, 6.07) is 3.65. The molecule has 0 saturated heterocycles. The maximum Gasteiger partial charge on any atom is 0.490 e. The first kappa shape index (κ1) is 11.3. The Kier molecular flexibility index (Phi) is 4.42. The largest absolute Gasteiger partial charge is 0.490 e. The molecular formula is C6H5F3N2O2. The highest BCUT2D eigenvalue weighted by Gasteiger charge is 2.38. The number of carbonyl (C=O) groups is 1. The lowest BCUT2D eigenvalue weighted by Gasteiger charge is -1.93. The SMILES string of the molecule is O=C(O)C(F)(F)F.c1ccnnc1. The van der Waals surface area contributed by atoms with Gasteiger partial charge in [0.15, 0.2) is 0 Å². The van der Waals surface area contributed by atoms with Gasteiger partial charge in [0.25, 0.3) is 0 Å². The average molecular weight is 194 g/mol. The average Bonchev–Trinajstić information content (AvgIpc) is 2.07. The van der Waals surface area contributed by atoms with E-state index >= 15 is 0 Å². The second-order valence-electron chi connectivity index (χ2n) is 1.72. The van der Waals surface area contributed by atoms with Gasteiger partial charge in [-0.2, -0.15) is 23.4 Å². The number of halogens is 3. The summed E-state index contributed by atoms with van der Waals surface area (Å²) in [5.41, 5.74) is 0. The summed E-state index contributed by atoms with van der Waals surface area (Å²) in [5.74, 6) is -2.76. The fourth-order valence-corrected chi connectivity index (χ4v) is 0.253. The van der Waals surface area contributed by atoms with Gasteiger partial charge in [-0.25, -0.2) is 4.79 Å². The first-order chi connectivity index (χ1) is 5.94. The van der Waals surface area contributed by atoms with Gasteiger partial charge < -0.3 is 5.11 Å². The Balaban J connectivity index is 0.000000223. The van der Waals surface area contributed by atoms with Crippen molar-refractivity contribution >= 4 is 5.97 Å². The van der Waals surface area contributed by atoms with Crippen LogP contribution in [0.5, 0.6) is 0 Å². The number of carboxylic acid groups (broad SMARTS) is 1. The van der Waals surface area contributed by atoms with Crippen LogP contribution in [0.4, 0.5) is 13.2 Å². The topological polar surface area (TPSA) is 63.1 Å². The molecule has 0 amide bonds. The molecule has 0 spiro atoms. The number of hydrogen-bond donors (Lipinski definition) is 1. The van der Waals surface area contributed by atoms with Gasteiger partial charge in [-0.3, -0.25) is 0 Å². The summed E-state index contributed by atoms with van der Waals surface area (Å²) in [7, 11) is 0. The Morgan fingerprint density at radius 2 is 1.46 bits per heavy atom. The third-order valence-corrected chi connectivity index (χ3v) is 0.726. The highest BCUT2D eigenvalue weighted by atomic mass is 19.4. The predicted molar refractivity (Wildman–Crippen MR) is 35.7 cm³/mol. The number of nitrogens with zero attached hydrogens (tertiary/aromatic N) is 2. The van der Waals surface area contributed by atoms with Crippen molar-refractivity contribution in [2.45, 2.75) is 6.18 Å². The first-order valence-electron chi connectivity index (χ1n) is 2.96. The molecule has 0 saturated carbocycles. The lowest BCUT2D eigenvalue weighted by atomic mass is 10.6. The van der Waals surface area contributed by atoms with Crippen LogP contribution in [-0.4, -0.2) is 27.4 Å². The second-order valence-corrected chi connectivity index (χ2v) is 1.72. The van der Waals surface area contributed by atoms with Crippen molar-refractivity contribution in [3.8, 4) is 0 Å². The van der Waals surface area contributed by atoms with Crippen LogP contribution in [0.25, 0.3) is 0 Å². The molecule has 1 rings (SSSR count). The van der Waals surface area contributed by atoms with Crippen molar-refractivity contribution in [3.05, 3.63) is 24.5 Å². The monoisotopic (exact) mass is 194 g/mol. The summed E-state index contributed by atoms with van der Waals surface area (Å²) < 4.78 is 31.7. The Hall–Kier alpha value is -1.66. The molecule has 1 aromatic rings. The zero-order valence-electron chi connectivity index (χ0n) is 6.19. The molecular weight excluding hydrogens is 189 g/mol. The number of aromatic nitrogens is 2. The Morgan fingerprint density at radius 3 is 1.54 bits per heavy atom. The molecule has 1 heterocycles. The maximum absolute atomic E-state index is 10.6. The molecule has 1 N–H and O–H groups in total. The minimum absolute atomic E-state index is 1.64. The second kappa shape index (κ2) is 5.07. The van der Waals surface area contributed by atoms with Gasteiger partial charge in [-0.15, -0.1) is 0 Å². The van der Waals surface area contributed by atoms with Crippen molar-refractivity contribution in [3.63, 3.8) is 0 Å². The van der Waals surface area contributed by atoms with Crippen molar-refractivity contribution in [2.24, 2.45) is 0 Å². The fourth-order valence-electron chi connectivity index (χ4n) is 0.253. The van der Waals surface area contributed by atoms with Crippen molar-refractivity contribution in [1.82, 2.24) is 10.2 Å². The highest BCUT2D eigenvalue weighted by molar-refractivity contribution is 5.73. The van der Waals surface area contributed by atoms with Gasteiger partial charge in [0.05, 0.1) is 0 Å². The van der Waals surface area contributed by atoms with Crippen LogP contribution in [0.15, 0.2) is 24.5 Å². The quantitative estimate of drug-likeness (QED) is 0.671. The van der Waals surface area contributed by atoms with E-state index in [1.807, 2.05) is 12.1 Å². The van der Waals surface area contributed by atoms with Gasteiger partial charge >= 0.3 is 12.1 Å². The molecule has 0 unspecified atom stereocenters. The van der Waals surface area contributed by atoms with E-state index in [2.05, 4.69) is 10.2 Å². The van der Waals surface area contributed by atoms with Crippen LogP contribution in [0.1, 0.15) is 0 Å². The molecule has 0 aromatic carbocycles. The zero-order valence-corrected chi connectivity index (χ0v) is 6.19. The van der Waals surface area contributed by atoms with Gasteiger partial charge in [0, 0.05) is 12.4 Å². The Bertz CT molecular complexity index is 223. The van der Waals surface area contributed by atoms with E-state index in [-0.39, 0.29) is 0 Å². The van der Waals surface area contributed by atoms with Crippen LogP contribution in [0, 0.1) is 0 Å². The van der Waals surface area contributed by atoms with Gasteiger partial charge in [-0.1, -0.05) is 0 Å². The molecule has 0 aliphatic carbocycles. The lowest BCUT2D eigenvalue weighted by Crippen LogP contribution is -2.21. The van der Waals surface area contributed by atoms with E-state index in [0.717, 1.165) is 0 Å². The number of carboxylic acids is 1. The summed E-state index contributed by atoms with van der Waals surface area (Å²) in [4.78, 5) is 8.90. The van der Waals surface area contributed by atoms with Gasteiger partial charge in [0.1, 0.15) is 0 Å². The number of aliphatic carboxylic acids is 1. The zero-order chi connectivity index (χ0) is 10.3. The van der Waals surface area contributed by atoms with Crippen LogP contribution in [0.2, 0.25) is 0 Å². The highest BCUT2D eigenvalue weighted by Crippen LogP contribution is 2.13. The summed E-state index contributed by atoms with van der Waals surface area (Å²) >= 11 is 0. The van der Waals surface area contributed by atoms with E-state index in [1.165, 1.54) is 0 Å². The molecule has 0 bridgehead atoms. The van der Waals surface area contributed by atoms with Gasteiger partial charge in [0.2, 0.25) is 0 Å². The normalized spacial score (nSPS) is 9.77. The number of rotatable bonds is 0.